The number of allylic oxidation sites excluding steroid dienone is 1. The topological polar surface area (TPSA) is 3.24 Å². The van der Waals surface area contributed by atoms with Crippen LogP contribution in [0.5, 0.6) is 0 Å². The van der Waals surface area contributed by atoms with Gasteiger partial charge >= 0.3 is 0 Å². The van der Waals surface area contributed by atoms with Gasteiger partial charge in [0.15, 0.2) is 0 Å². The molecule has 0 aromatic carbocycles. The third-order valence-electron chi connectivity index (χ3n) is 0.706. The van der Waals surface area contributed by atoms with Crippen LogP contribution in [-0.4, -0.2) is 19.0 Å². The first-order valence-corrected chi connectivity index (χ1v) is 2.77. The van der Waals surface area contributed by atoms with Crippen LogP contribution in [0.15, 0.2) is 12.3 Å². The van der Waals surface area contributed by atoms with E-state index in [4.69, 9.17) is 0 Å². The summed E-state index contributed by atoms with van der Waals surface area (Å²) in [5.74, 6) is 1.33. The molecular weight excluding hydrogens is 98.1 g/mol. The third kappa shape index (κ3) is 5.54. The molecule has 1 radical (unpaired) electrons. The Morgan fingerprint density at radius 2 is 1.75 bits per heavy atom. The van der Waals surface area contributed by atoms with Crippen molar-refractivity contribution in [1.29, 1.82) is 0 Å². The van der Waals surface area contributed by atoms with Gasteiger partial charge in [0.2, 0.25) is 0 Å². The van der Waals surface area contributed by atoms with Crippen LogP contribution < -0.4 is 0 Å². The minimum absolute atomic E-state index is 1.33. The molecule has 0 unspecified atom stereocenters. The third-order valence-corrected chi connectivity index (χ3v) is 0.706. The average molecular weight is 112 g/mol. The molecule has 0 aliphatic carbocycles. The predicted molar refractivity (Wildman–Crippen MR) is 37.4 cm³/mol. The van der Waals surface area contributed by atoms with E-state index in [2.05, 4.69) is 19.9 Å². The lowest BCUT2D eigenvalue weighted by Crippen LogP contribution is -2.00. The molecule has 0 amide bonds. The molecule has 0 aliphatic rings. The molecule has 0 N–H and O–H groups in total. The second-order valence-corrected chi connectivity index (χ2v) is 2.36. The smallest absolute Gasteiger partial charge is 0.00555 e. The SMILES string of the molecule is C[C](C)C=CN(C)C. The maximum absolute atomic E-state index is 2.08. The highest BCUT2D eigenvalue weighted by atomic mass is 15.0. The standard InChI is InChI=1S/C7H14N/c1-7(2)5-6-8(3)4/h5-6H,1-4H3. The van der Waals surface area contributed by atoms with E-state index in [1.54, 1.807) is 0 Å². The van der Waals surface area contributed by atoms with Crippen LogP contribution in [0.3, 0.4) is 0 Å². The average Bonchev–Trinajstić information content (AvgIpc) is 1.61. The molecule has 0 aromatic rings. The van der Waals surface area contributed by atoms with Crippen molar-refractivity contribution < 1.29 is 0 Å². The Labute approximate surface area is 52.0 Å². The quantitative estimate of drug-likeness (QED) is 0.525. The van der Waals surface area contributed by atoms with Gasteiger partial charge < -0.3 is 4.90 Å². The molecule has 47 valence electrons. The summed E-state index contributed by atoms with van der Waals surface area (Å²) in [5, 5.41) is 0. The van der Waals surface area contributed by atoms with Gasteiger partial charge in [-0.15, -0.1) is 0 Å². The zero-order valence-electron chi connectivity index (χ0n) is 6.10. The summed E-state index contributed by atoms with van der Waals surface area (Å²) in [6.45, 7) is 4.17. The van der Waals surface area contributed by atoms with Gasteiger partial charge in [0.25, 0.3) is 0 Å². The second kappa shape index (κ2) is 3.53. The Balaban J connectivity index is 3.34. The summed E-state index contributed by atoms with van der Waals surface area (Å²) in [6, 6.07) is 0. The zero-order valence-corrected chi connectivity index (χ0v) is 6.10. The molecule has 0 saturated heterocycles. The van der Waals surface area contributed by atoms with Crippen LogP contribution >= 0.6 is 0 Å². The first-order chi connectivity index (χ1) is 3.63. The number of hydrogen-bond acceptors (Lipinski definition) is 1. The highest BCUT2D eigenvalue weighted by Gasteiger charge is 1.82. The Kier molecular flexibility index (Phi) is 3.33. The number of nitrogens with zero attached hydrogens (tertiary/aromatic N) is 1. The van der Waals surface area contributed by atoms with Gasteiger partial charge in [-0.1, -0.05) is 19.9 Å². The van der Waals surface area contributed by atoms with E-state index >= 15 is 0 Å². The fourth-order valence-electron chi connectivity index (χ4n) is 0.298. The molecule has 8 heavy (non-hydrogen) atoms. The highest BCUT2D eigenvalue weighted by molar-refractivity contribution is 5.01. The molecule has 0 fully saturated rings. The molecule has 0 atom stereocenters. The molecule has 0 aromatic heterocycles. The predicted octanol–water partition coefficient (Wildman–Crippen LogP) is 1.68. The van der Waals surface area contributed by atoms with Crippen molar-refractivity contribution in [2.24, 2.45) is 0 Å². The van der Waals surface area contributed by atoms with Crippen molar-refractivity contribution in [2.45, 2.75) is 13.8 Å². The monoisotopic (exact) mass is 112 g/mol. The normalized spacial score (nSPS) is 11.1. The summed E-state index contributed by atoms with van der Waals surface area (Å²) in [7, 11) is 4.03. The van der Waals surface area contributed by atoms with E-state index in [0.717, 1.165) is 0 Å². The molecule has 0 saturated carbocycles. The van der Waals surface area contributed by atoms with Crippen LogP contribution in [0.2, 0.25) is 0 Å². The van der Waals surface area contributed by atoms with Gasteiger partial charge in [-0.3, -0.25) is 0 Å². The summed E-state index contributed by atoms with van der Waals surface area (Å²) in [5.41, 5.74) is 0. The minimum Gasteiger partial charge on any atom is -0.384 e. The van der Waals surface area contributed by atoms with Crippen molar-refractivity contribution in [3.63, 3.8) is 0 Å². The van der Waals surface area contributed by atoms with Crippen LogP contribution in [-0.2, 0) is 0 Å². The fraction of sp³-hybridized carbons (Fsp3) is 0.571. The Hall–Kier alpha value is -0.460. The summed E-state index contributed by atoms with van der Waals surface area (Å²) in [4.78, 5) is 2.02. The number of rotatable bonds is 2. The first kappa shape index (κ1) is 7.54. The van der Waals surface area contributed by atoms with Gasteiger partial charge in [0.05, 0.1) is 0 Å². The van der Waals surface area contributed by atoms with Gasteiger partial charge in [-0.05, 0) is 12.1 Å². The second-order valence-electron chi connectivity index (χ2n) is 2.36. The van der Waals surface area contributed by atoms with Crippen LogP contribution in [0, 0.1) is 5.92 Å². The molecule has 0 rings (SSSR count). The summed E-state index contributed by atoms with van der Waals surface area (Å²) in [6.07, 6.45) is 4.12. The van der Waals surface area contributed by atoms with E-state index in [1.807, 2.05) is 25.2 Å². The van der Waals surface area contributed by atoms with Gasteiger partial charge in [-0.25, -0.2) is 0 Å². The Morgan fingerprint density at radius 3 is 1.88 bits per heavy atom. The van der Waals surface area contributed by atoms with Crippen molar-refractivity contribution in [2.75, 3.05) is 14.1 Å². The molecule has 0 bridgehead atoms. The van der Waals surface area contributed by atoms with Crippen molar-refractivity contribution in [1.82, 2.24) is 4.90 Å². The lowest BCUT2D eigenvalue weighted by molar-refractivity contribution is 0.562. The van der Waals surface area contributed by atoms with E-state index in [0.29, 0.717) is 0 Å². The minimum atomic E-state index is 1.33. The van der Waals surface area contributed by atoms with Gasteiger partial charge in [0.1, 0.15) is 0 Å². The Bertz CT molecular complexity index is 62.5. The first-order valence-electron chi connectivity index (χ1n) is 2.77. The van der Waals surface area contributed by atoms with Crippen LogP contribution in [0.4, 0.5) is 0 Å². The number of hydrogen-bond donors (Lipinski definition) is 0. The summed E-state index contributed by atoms with van der Waals surface area (Å²) < 4.78 is 0. The van der Waals surface area contributed by atoms with Crippen molar-refractivity contribution >= 4 is 0 Å². The maximum atomic E-state index is 2.08. The van der Waals surface area contributed by atoms with E-state index < -0.39 is 0 Å². The highest BCUT2D eigenvalue weighted by Crippen LogP contribution is 1.95. The maximum Gasteiger partial charge on any atom is 0.00555 e. The molecule has 1 nitrogen and oxygen atoms in total. The summed E-state index contributed by atoms with van der Waals surface area (Å²) >= 11 is 0. The fourth-order valence-corrected chi connectivity index (χ4v) is 0.298. The molecule has 0 heterocycles. The van der Waals surface area contributed by atoms with Crippen molar-refractivity contribution in [3.05, 3.63) is 18.2 Å². The molecule has 1 heteroatoms. The largest absolute Gasteiger partial charge is 0.384 e. The zero-order chi connectivity index (χ0) is 6.57. The lowest BCUT2D eigenvalue weighted by Gasteiger charge is -2.03. The van der Waals surface area contributed by atoms with E-state index in [1.165, 1.54) is 5.92 Å². The van der Waals surface area contributed by atoms with Crippen LogP contribution in [0.1, 0.15) is 13.8 Å². The van der Waals surface area contributed by atoms with Crippen molar-refractivity contribution in [3.8, 4) is 0 Å². The van der Waals surface area contributed by atoms with Crippen LogP contribution in [0.25, 0.3) is 0 Å². The lowest BCUT2D eigenvalue weighted by atomic mass is 10.2. The molecular formula is C7H14N. The van der Waals surface area contributed by atoms with E-state index in [-0.39, 0.29) is 0 Å². The van der Waals surface area contributed by atoms with Gasteiger partial charge in [-0.2, -0.15) is 0 Å². The molecule has 0 aliphatic heterocycles. The van der Waals surface area contributed by atoms with E-state index in [9.17, 15) is 0 Å². The Morgan fingerprint density at radius 1 is 1.25 bits per heavy atom. The molecule has 0 spiro atoms. The van der Waals surface area contributed by atoms with Gasteiger partial charge in [0, 0.05) is 14.1 Å².